The van der Waals surface area contributed by atoms with Crippen LogP contribution in [0.1, 0.15) is 31.5 Å². The number of carboxylic acid groups (broad SMARTS) is 1. The van der Waals surface area contributed by atoms with E-state index in [0.29, 0.717) is 12.6 Å². The molecule has 5 nitrogen and oxygen atoms in total. The van der Waals surface area contributed by atoms with E-state index in [4.69, 9.17) is 5.11 Å². The van der Waals surface area contributed by atoms with Crippen LogP contribution in [0.3, 0.4) is 0 Å². The molecule has 1 fully saturated rings. The van der Waals surface area contributed by atoms with Gasteiger partial charge in [0, 0.05) is 18.4 Å². The Kier molecular flexibility index (Phi) is 4.03. The third-order valence-corrected chi connectivity index (χ3v) is 3.24. The molecule has 92 valence electrons. The molecule has 1 aliphatic rings. The third-order valence-electron chi connectivity index (χ3n) is 3.24. The van der Waals surface area contributed by atoms with Gasteiger partial charge in [0.2, 0.25) is 0 Å². The lowest BCUT2D eigenvalue weighted by molar-refractivity contribution is -0.142. The van der Waals surface area contributed by atoms with Gasteiger partial charge in [-0.25, -0.2) is 9.97 Å². The Balaban J connectivity index is 1.74. The Morgan fingerprint density at radius 3 is 2.53 bits per heavy atom. The fraction of sp³-hybridized carbons (Fsp3) is 0.583. The molecule has 1 heterocycles. The molecule has 0 unspecified atom stereocenters. The van der Waals surface area contributed by atoms with E-state index in [2.05, 4.69) is 15.3 Å². The number of carbonyl (C=O) groups is 1. The van der Waals surface area contributed by atoms with Crippen LogP contribution in [-0.2, 0) is 11.3 Å². The molecule has 0 amide bonds. The standard InChI is InChI=1S/C12H17N3O2/c16-12(17)9-2-4-10(5-3-9)15-8-11-13-6-1-7-14-11/h1,6-7,9-10,15H,2-5,8H2,(H,16,17). The lowest BCUT2D eigenvalue weighted by atomic mass is 9.86. The van der Waals surface area contributed by atoms with E-state index in [9.17, 15) is 4.79 Å². The highest BCUT2D eigenvalue weighted by Crippen LogP contribution is 2.24. The SMILES string of the molecule is O=C(O)C1CCC(NCc2ncccn2)CC1. The number of rotatable bonds is 4. The van der Waals surface area contributed by atoms with Crippen molar-refractivity contribution in [2.45, 2.75) is 38.3 Å². The average molecular weight is 235 g/mol. The number of nitrogens with one attached hydrogen (secondary N) is 1. The molecule has 17 heavy (non-hydrogen) atoms. The molecule has 0 aliphatic heterocycles. The molecular formula is C12H17N3O2. The van der Waals surface area contributed by atoms with E-state index in [0.717, 1.165) is 31.5 Å². The fourth-order valence-electron chi connectivity index (χ4n) is 2.20. The molecular weight excluding hydrogens is 218 g/mol. The molecule has 2 N–H and O–H groups in total. The summed E-state index contributed by atoms with van der Waals surface area (Å²) in [6, 6.07) is 2.19. The Morgan fingerprint density at radius 2 is 1.94 bits per heavy atom. The zero-order chi connectivity index (χ0) is 12.1. The highest BCUT2D eigenvalue weighted by molar-refractivity contribution is 5.70. The van der Waals surface area contributed by atoms with Gasteiger partial charge >= 0.3 is 5.97 Å². The molecule has 0 bridgehead atoms. The van der Waals surface area contributed by atoms with Gasteiger partial charge in [0.15, 0.2) is 0 Å². The zero-order valence-electron chi connectivity index (χ0n) is 9.67. The maximum Gasteiger partial charge on any atom is 0.306 e. The molecule has 1 aromatic rings. The van der Waals surface area contributed by atoms with Crippen molar-refractivity contribution in [2.24, 2.45) is 5.92 Å². The second kappa shape index (κ2) is 5.72. The minimum absolute atomic E-state index is 0.152. The molecule has 0 spiro atoms. The first-order chi connectivity index (χ1) is 8.25. The average Bonchev–Trinajstić information content (AvgIpc) is 2.38. The van der Waals surface area contributed by atoms with Gasteiger partial charge in [0.1, 0.15) is 5.82 Å². The number of aromatic nitrogens is 2. The summed E-state index contributed by atoms with van der Waals surface area (Å²) in [5.74, 6) is -0.0243. The van der Waals surface area contributed by atoms with Gasteiger partial charge in [-0.05, 0) is 31.7 Å². The monoisotopic (exact) mass is 235 g/mol. The van der Waals surface area contributed by atoms with Crippen molar-refractivity contribution in [3.05, 3.63) is 24.3 Å². The van der Waals surface area contributed by atoms with Crippen molar-refractivity contribution in [2.75, 3.05) is 0 Å². The smallest absolute Gasteiger partial charge is 0.306 e. The van der Waals surface area contributed by atoms with Crippen LogP contribution >= 0.6 is 0 Å². The van der Waals surface area contributed by atoms with E-state index < -0.39 is 5.97 Å². The van der Waals surface area contributed by atoms with Gasteiger partial charge < -0.3 is 10.4 Å². The van der Waals surface area contributed by atoms with Crippen molar-refractivity contribution >= 4 is 5.97 Å². The zero-order valence-corrected chi connectivity index (χ0v) is 9.67. The normalized spacial score (nSPS) is 24.5. The second-order valence-corrected chi connectivity index (χ2v) is 4.43. The number of aliphatic carboxylic acids is 1. The first-order valence-corrected chi connectivity index (χ1v) is 5.98. The van der Waals surface area contributed by atoms with Crippen molar-refractivity contribution in [3.8, 4) is 0 Å². The first-order valence-electron chi connectivity index (χ1n) is 5.98. The van der Waals surface area contributed by atoms with E-state index in [1.54, 1.807) is 18.5 Å². The third kappa shape index (κ3) is 3.49. The minimum atomic E-state index is -0.658. The lowest BCUT2D eigenvalue weighted by Gasteiger charge is -2.26. The van der Waals surface area contributed by atoms with Crippen molar-refractivity contribution in [1.82, 2.24) is 15.3 Å². The maximum absolute atomic E-state index is 10.8. The molecule has 1 aromatic heterocycles. The number of carboxylic acids is 1. The summed E-state index contributed by atoms with van der Waals surface area (Å²) in [7, 11) is 0. The van der Waals surface area contributed by atoms with E-state index in [1.807, 2.05) is 0 Å². The van der Waals surface area contributed by atoms with Crippen molar-refractivity contribution in [3.63, 3.8) is 0 Å². The van der Waals surface area contributed by atoms with Crippen LogP contribution in [0, 0.1) is 5.92 Å². The minimum Gasteiger partial charge on any atom is -0.481 e. The summed E-state index contributed by atoms with van der Waals surface area (Å²) in [5, 5.41) is 12.3. The molecule has 0 saturated heterocycles. The summed E-state index contributed by atoms with van der Waals surface area (Å²) in [5.41, 5.74) is 0. The summed E-state index contributed by atoms with van der Waals surface area (Å²) < 4.78 is 0. The van der Waals surface area contributed by atoms with Crippen LogP contribution in [0.25, 0.3) is 0 Å². The maximum atomic E-state index is 10.8. The van der Waals surface area contributed by atoms with Crippen LogP contribution < -0.4 is 5.32 Å². The van der Waals surface area contributed by atoms with Crippen molar-refractivity contribution < 1.29 is 9.90 Å². The molecule has 5 heteroatoms. The van der Waals surface area contributed by atoms with Gasteiger partial charge in [-0.1, -0.05) is 0 Å². The van der Waals surface area contributed by atoms with E-state index in [-0.39, 0.29) is 5.92 Å². The second-order valence-electron chi connectivity index (χ2n) is 4.43. The van der Waals surface area contributed by atoms with Gasteiger partial charge in [-0.2, -0.15) is 0 Å². The highest BCUT2D eigenvalue weighted by Gasteiger charge is 2.25. The summed E-state index contributed by atoms with van der Waals surface area (Å²) in [6.07, 6.45) is 6.83. The molecule has 0 atom stereocenters. The summed E-state index contributed by atoms with van der Waals surface area (Å²) >= 11 is 0. The van der Waals surface area contributed by atoms with Crippen LogP contribution in [0.4, 0.5) is 0 Å². The van der Waals surface area contributed by atoms with Crippen molar-refractivity contribution in [1.29, 1.82) is 0 Å². The van der Waals surface area contributed by atoms with Gasteiger partial charge in [-0.3, -0.25) is 4.79 Å². The number of hydrogen-bond donors (Lipinski definition) is 2. The summed E-state index contributed by atoms with van der Waals surface area (Å²) in [4.78, 5) is 19.1. The Hall–Kier alpha value is -1.49. The predicted molar refractivity (Wildman–Crippen MR) is 62.3 cm³/mol. The Labute approximate surface area is 100 Å². The van der Waals surface area contributed by atoms with E-state index >= 15 is 0 Å². The summed E-state index contributed by atoms with van der Waals surface area (Å²) in [6.45, 7) is 0.656. The topological polar surface area (TPSA) is 75.1 Å². The molecule has 0 radical (unpaired) electrons. The number of hydrogen-bond acceptors (Lipinski definition) is 4. The Morgan fingerprint density at radius 1 is 1.29 bits per heavy atom. The quantitative estimate of drug-likeness (QED) is 0.820. The van der Waals surface area contributed by atoms with Gasteiger partial charge in [0.25, 0.3) is 0 Å². The van der Waals surface area contributed by atoms with Gasteiger partial charge in [0.05, 0.1) is 12.5 Å². The highest BCUT2D eigenvalue weighted by atomic mass is 16.4. The van der Waals surface area contributed by atoms with Crippen LogP contribution in [0.5, 0.6) is 0 Å². The first kappa shape index (κ1) is 12.0. The lowest BCUT2D eigenvalue weighted by Crippen LogP contribution is -2.34. The van der Waals surface area contributed by atoms with Crippen LogP contribution in [0.2, 0.25) is 0 Å². The predicted octanol–water partition coefficient (Wildman–Crippen LogP) is 1.21. The largest absolute Gasteiger partial charge is 0.481 e. The van der Waals surface area contributed by atoms with Crippen LogP contribution in [0.15, 0.2) is 18.5 Å². The molecule has 1 saturated carbocycles. The van der Waals surface area contributed by atoms with Gasteiger partial charge in [-0.15, -0.1) is 0 Å². The number of nitrogens with zero attached hydrogens (tertiary/aromatic N) is 2. The van der Waals surface area contributed by atoms with Crippen LogP contribution in [-0.4, -0.2) is 27.1 Å². The molecule has 1 aliphatic carbocycles. The van der Waals surface area contributed by atoms with E-state index in [1.165, 1.54) is 0 Å². The molecule has 2 rings (SSSR count). The fourth-order valence-corrected chi connectivity index (χ4v) is 2.20. The Bertz CT molecular complexity index is 361. The molecule has 0 aromatic carbocycles.